The Morgan fingerprint density at radius 2 is 2.56 bits per heavy atom. The Bertz CT molecular complexity index is 196. The topological polar surface area (TPSA) is 9.23 Å². The maximum atomic E-state index is 5.00. The Morgan fingerprint density at radius 3 is 3.44 bits per heavy atom. The molecule has 1 radical (unpaired) electrons. The predicted octanol–water partition coefficient (Wildman–Crippen LogP) is 1.45. The van der Waals surface area contributed by atoms with Gasteiger partial charge in [-0.15, -0.1) is 0 Å². The summed E-state index contributed by atoms with van der Waals surface area (Å²) in [5.74, 6) is 0.481. The minimum atomic E-state index is 0.481. The van der Waals surface area contributed by atoms with Crippen molar-refractivity contribution in [2.24, 2.45) is 5.92 Å². The summed E-state index contributed by atoms with van der Waals surface area (Å²) in [6.45, 7) is 0.774. The van der Waals surface area contributed by atoms with Crippen LogP contribution in [0.3, 0.4) is 0 Å². The number of allylic oxidation sites excluding steroid dienone is 3. The fraction of sp³-hybridized carbons (Fsp3) is 0.250. The first kappa shape index (κ1) is 4.86. The van der Waals surface area contributed by atoms with E-state index in [1.54, 1.807) is 0 Å². The Hall–Kier alpha value is -0.980. The minimum Gasteiger partial charge on any atom is -0.488 e. The summed E-state index contributed by atoms with van der Waals surface area (Å²) in [6, 6.07) is 0. The maximum absolute atomic E-state index is 5.00. The Morgan fingerprint density at radius 1 is 1.56 bits per heavy atom. The molecular formula is C8H7O. The van der Waals surface area contributed by atoms with Crippen LogP contribution in [0.4, 0.5) is 0 Å². The molecule has 0 spiro atoms. The lowest BCUT2D eigenvalue weighted by Crippen LogP contribution is -2.00. The van der Waals surface area contributed by atoms with Crippen molar-refractivity contribution in [1.29, 1.82) is 0 Å². The van der Waals surface area contributed by atoms with E-state index >= 15 is 0 Å². The monoisotopic (exact) mass is 119 g/mol. The highest BCUT2D eigenvalue weighted by molar-refractivity contribution is 5.32. The van der Waals surface area contributed by atoms with Crippen LogP contribution in [0.5, 0.6) is 0 Å². The molecule has 2 aliphatic rings. The van der Waals surface area contributed by atoms with Gasteiger partial charge in [-0.2, -0.15) is 0 Å². The van der Waals surface area contributed by atoms with Crippen molar-refractivity contribution in [2.45, 2.75) is 0 Å². The quantitative estimate of drug-likeness (QED) is 0.469. The Labute approximate surface area is 54.3 Å². The van der Waals surface area contributed by atoms with Crippen LogP contribution < -0.4 is 0 Å². The summed E-state index contributed by atoms with van der Waals surface area (Å²) >= 11 is 0. The van der Waals surface area contributed by atoms with Crippen LogP contribution in [-0.4, -0.2) is 6.61 Å². The molecule has 2 rings (SSSR count). The van der Waals surface area contributed by atoms with Crippen molar-refractivity contribution in [3.05, 3.63) is 36.1 Å². The van der Waals surface area contributed by atoms with E-state index in [-0.39, 0.29) is 0 Å². The zero-order valence-corrected chi connectivity index (χ0v) is 5.00. The van der Waals surface area contributed by atoms with Gasteiger partial charge in [0.1, 0.15) is 0 Å². The number of fused-ring (bicyclic) bond motifs is 1. The van der Waals surface area contributed by atoms with E-state index in [2.05, 4.69) is 12.3 Å². The van der Waals surface area contributed by atoms with Gasteiger partial charge in [0, 0.05) is 11.5 Å². The smallest absolute Gasteiger partial charge is 0.165 e. The van der Waals surface area contributed by atoms with Crippen LogP contribution in [0.1, 0.15) is 0 Å². The summed E-state index contributed by atoms with van der Waals surface area (Å²) in [4.78, 5) is 0. The van der Waals surface area contributed by atoms with E-state index < -0.39 is 0 Å². The van der Waals surface area contributed by atoms with Crippen LogP contribution in [0.25, 0.3) is 0 Å². The first-order chi connectivity index (χ1) is 4.47. The van der Waals surface area contributed by atoms with Gasteiger partial charge < -0.3 is 4.74 Å². The molecule has 9 heavy (non-hydrogen) atoms. The molecule has 0 aromatic heterocycles. The molecule has 0 fully saturated rings. The Kier molecular flexibility index (Phi) is 0.950. The van der Waals surface area contributed by atoms with Crippen LogP contribution in [0.2, 0.25) is 0 Å². The molecule has 1 aliphatic heterocycles. The lowest BCUT2D eigenvalue weighted by atomic mass is 9.98. The molecule has 0 saturated carbocycles. The standard InChI is InChI=1S/C8H7O/c1-2-4-8-6-9-5-7(8)3-1/h1-4,7H,5H2. The van der Waals surface area contributed by atoms with Gasteiger partial charge in [0.15, 0.2) is 6.26 Å². The molecule has 0 bridgehead atoms. The van der Waals surface area contributed by atoms with E-state index in [0.29, 0.717) is 5.92 Å². The molecule has 0 amide bonds. The second kappa shape index (κ2) is 1.76. The van der Waals surface area contributed by atoms with Gasteiger partial charge in [-0.25, -0.2) is 0 Å². The van der Waals surface area contributed by atoms with Gasteiger partial charge >= 0.3 is 0 Å². The summed E-state index contributed by atoms with van der Waals surface area (Å²) in [7, 11) is 0. The molecule has 1 atom stereocenters. The highest BCUT2D eigenvalue weighted by atomic mass is 16.5. The molecule has 1 nitrogen and oxygen atoms in total. The van der Waals surface area contributed by atoms with Gasteiger partial charge in [-0.3, -0.25) is 0 Å². The first-order valence-electron chi connectivity index (χ1n) is 3.06. The molecule has 1 aliphatic carbocycles. The van der Waals surface area contributed by atoms with Crippen LogP contribution in [0.15, 0.2) is 29.9 Å². The average Bonchev–Trinajstić information content (AvgIpc) is 2.33. The van der Waals surface area contributed by atoms with Crippen LogP contribution >= 0.6 is 0 Å². The van der Waals surface area contributed by atoms with Crippen molar-refractivity contribution >= 4 is 0 Å². The first-order valence-corrected chi connectivity index (χ1v) is 3.06. The summed E-state index contributed by atoms with van der Waals surface area (Å²) in [6.07, 6.45) is 11.1. The minimum absolute atomic E-state index is 0.481. The SMILES string of the molecule is [C]1=C2C=CC=CC2CO1. The van der Waals surface area contributed by atoms with E-state index in [9.17, 15) is 0 Å². The third kappa shape index (κ3) is 0.689. The number of ether oxygens (including phenoxy) is 1. The lowest BCUT2D eigenvalue weighted by molar-refractivity contribution is 0.245. The molecular weight excluding hydrogens is 112 g/mol. The van der Waals surface area contributed by atoms with Crippen molar-refractivity contribution in [2.75, 3.05) is 6.61 Å². The van der Waals surface area contributed by atoms with Crippen LogP contribution in [-0.2, 0) is 4.74 Å². The highest BCUT2D eigenvalue weighted by Crippen LogP contribution is 2.23. The molecule has 1 heterocycles. The lowest BCUT2D eigenvalue weighted by Gasteiger charge is -2.04. The van der Waals surface area contributed by atoms with Crippen molar-refractivity contribution in [3.63, 3.8) is 0 Å². The molecule has 1 unspecified atom stereocenters. The molecule has 0 saturated heterocycles. The largest absolute Gasteiger partial charge is 0.488 e. The molecule has 45 valence electrons. The van der Waals surface area contributed by atoms with Gasteiger partial charge in [0.2, 0.25) is 0 Å². The van der Waals surface area contributed by atoms with Gasteiger partial charge in [0.25, 0.3) is 0 Å². The predicted molar refractivity (Wildman–Crippen MR) is 34.5 cm³/mol. The normalized spacial score (nSPS) is 29.3. The van der Waals surface area contributed by atoms with Crippen molar-refractivity contribution in [3.8, 4) is 0 Å². The zero-order valence-electron chi connectivity index (χ0n) is 5.00. The van der Waals surface area contributed by atoms with Crippen molar-refractivity contribution in [1.82, 2.24) is 0 Å². The number of rotatable bonds is 0. The second-order valence-corrected chi connectivity index (χ2v) is 2.22. The third-order valence-electron chi connectivity index (χ3n) is 1.58. The molecule has 0 aromatic carbocycles. The van der Waals surface area contributed by atoms with Gasteiger partial charge in [-0.05, 0) is 0 Å². The van der Waals surface area contributed by atoms with E-state index in [0.717, 1.165) is 6.61 Å². The van der Waals surface area contributed by atoms with Crippen molar-refractivity contribution < 1.29 is 4.74 Å². The molecule has 0 aromatic rings. The van der Waals surface area contributed by atoms with Gasteiger partial charge in [-0.1, -0.05) is 24.3 Å². The second-order valence-electron chi connectivity index (χ2n) is 2.22. The summed E-state index contributed by atoms with van der Waals surface area (Å²) in [5.41, 5.74) is 1.18. The highest BCUT2D eigenvalue weighted by Gasteiger charge is 2.17. The maximum Gasteiger partial charge on any atom is 0.165 e. The van der Waals surface area contributed by atoms with E-state index in [4.69, 9.17) is 4.74 Å². The zero-order chi connectivity index (χ0) is 6.10. The number of hydrogen-bond donors (Lipinski definition) is 0. The fourth-order valence-electron chi connectivity index (χ4n) is 1.05. The molecule has 0 N–H and O–H groups in total. The summed E-state index contributed by atoms with van der Waals surface area (Å²) in [5, 5.41) is 0. The van der Waals surface area contributed by atoms with E-state index in [1.807, 2.05) is 18.2 Å². The van der Waals surface area contributed by atoms with Gasteiger partial charge in [0.05, 0.1) is 6.61 Å². The fourth-order valence-corrected chi connectivity index (χ4v) is 1.05. The number of hydrogen-bond acceptors (Lipinski definition) is 1. The average molecular weight is 119 g/mol. The molecule has 1 heteroatoms. The van der Waals surface area contributed by atoms with Crippen LogP contribution in [0, 0.1) is 12.2 Å². The van der Waals surface area contributed by atoms with E-state index in [1.165, 1.54) is 5.57 Å². The summed E-state index contributed by atoms with van der Waals surface area (Å²) < 4.78 is 5.00. The third-order valence-corrected chi connectivity index (χ3v) is 1.58. The Balaban J connectivity index is 2.33.